The van der Waals surface area contributed by atoms with Gasteiger partial charge in [0, 0.05) is 17.1 Å². The third-order valence-electron chi connectivity index (χ3n) is 4.87. The number of urea groups is 1. The van der Waals surface area contributed by atoms with Crippen LogP contribution in [0.2, 0.25) is 0 Å². The summed E-state index contributed by atoms with van der Waals surface area (Å²) in [7, 11) is 1.58. The first-order chi connectivity index (χ1) is 16.6. The number of para-hydroxylation sites is 1. The van der Waals surface area contributed by atoms with Crippen molar-refractivity contribution in [2.45, 2.75) is 17.3 Å². The molecule has 1 atom stereocenters. The Hall–Kier alpha value is -3.57. The van der Waals surface area contributed by atoms with Gasteiger partial charge in [-0.15, -0.1) is 10.2 Å². The zero-order chi connectivity index (χ0) is 23.9. The topological polar surface area (TPSA) is 114 Å². The van der Waals surface area contributed by atoms with E-state index in [1.807, 2.05) is 42.5 Å². The first-order valence-corrected chi connectivity index (χ1v) is 12.3. The minimum atomic E-state index is -0.654. The Morgan fingerprint density at radius 3 is 2.62 bits per heavy atom. The molecule has 0 spiro atoms. The fourth-order valence-corrected chi connectivity index (χ4v) is 5.07. The SMILES string of the molecule is CCOC(=O)C1=C(CSc2nnc(Nc3ccccc3)s2)NC(=O)NC1c1ccc(OC)cc1. The van der Waals surface area contributed by atoms with Gasteiger partial charge in [0.15, 0.2) is 4.34 Å². The molecule has 3 aromatic rings. The van der Waals surface area contributed by atoms with Crippen molar-refractivity contribution >= 4 is 45.9 Å². The number of carbonyl (C=O) groups excluding carboxylic acids is 2. The van der Waals surface area contributed by atoms with E-state index in [9.17, 15) is 9.59 Å². The fraction of sp³-hybridized carbons (Fsp3) is 0.217. The van der Waals surface area contributed by atoms with Crippen LogP contribution in [0.15, 0.2) is 70.2 Å². The maximum Gasteiger partial charge on any atom is 0.338 e. The molecule has 2 amide bonds. The number of ether oxygens (including phenoxy) is 2. The van der Waals surface area contributed by atoms with Crippen LogP contribution >= 0.6 is 23.1 Å². The maximum atomic E-state index is 12.9. The summed E-state index contributed by atoms with van der Waals surface area (Å²) in [4.78, 5) is 25.3. The molecule has 34 heavy (non-hydrogen) atoms. The van der Waals surface area contributed by atoms with Crippen LogP contribution in [0.5, 0.6) is 5.75 Å². The number of anilines is 2. The van der Waals surface area contributed by atoms with Gasteiger partial charge in [0.25, 0.3) is 0 Å². The van der Waals surface area contributed by atoms with Crippen LogP contribution < -0.4 is 20.7 Å². The third kappa shape index (κ3) is 5.67. The monoisotopic (exact) mass is 497 g/mol. The summed E-state index contributed by atoms with van der Waals surface area (Å²) < 4.78 is 11.2. The summed E-state index contributed by atoms with van der Waals surface area (Å²) in [5.74, 6) is 0.501. The maximum absolute atomic E-state index is 12.9. The van der Waals surface area contributed by atoms with Gasteiger partial charge in [-0.1, -0.05) is 53.4 Å². The number of hydrogen-bond donors (Lipinski definition) is 3. The van der Waals surface area contributed by atoms with Crippen LogP contribution in [0.25, 0.3) is 0 Å². The Kier molecular flexibility index (Phi) is 7.65. The molecule has 1 aliphatic heterocycles. The van der Waals surface area contributed by atoms with E-state index < -0.39 is 18.0 Å². The second kappa shape index (κ2) is 11.0. The molecule has 0 radical (unpaired) electrons. The highest BCUT2D eigenvalue weighted by Gasteiger charge is 2.33. The van der Waals surface area contributed by atoms with E-state index in [0.29, 0.717) is 32.2 Å². The van der Waals surface area contributed by atoms with E-state index in [-0.39, 0.29) is 6.61 Å². The van der Waals surface area contributed by atoms with Crippen LogP contribution in [0.4, 0.5) is 15.6 Å². The summed E-state index contributed by atoms with van der Waals surface area (Å²) in [6.07, 6.45) is 0. The van der Waals surface area contributed by atoms with Crippen molar-refractivity contribution in [3.05, 3.63) is 71.4 Å². The molecule has 1 aliphatic rings. The molecular formula is C23H23N5O4S2. The van der Waals surface area contributed by atoms with Crippen molar-refractivity contribution in [1.82, 2.24) is 20.8 Å². The largest absolute Gasteiger partial charge is 0.497 e. The van der Waals surface area contributed by atoms with E-state index in [4.69, 9.17) is 9.47 Å². The lowest BCUT2D eigenvalue weighted by atomic mass is 9.95. The number of amides is 2. The van der Waals surface area contributed by atoms with Crippen molar-refractivity contribution in [2.24, 2.45) is 0 Å². The zero-order valence-electron chi connectivity index (χ0n) is 18.5. The predicted octanol–water partition coefficient (Wildman–Crippen LogP) is 4.25. The molecule has 0 aliphatic carbocycles. The summed E-state index contributed by atoms with van der Waals surface area (Å²) in [6, 6.07) is 15.8. The molecule has 2 aromatic carbocycles. The molecule has 3 N–H and O–H groups in total. The van der Waals surface area contributed by atoms with E-state index in [1.54, 1.807) is 26.2 Å². The Morgan fingerprint density at radius 2 is 1.91 bits per heavy atom. The van der Waals surface area contributed by atoms with Crippen molar-refractivity contribution in [2.75, 3.05) is 24.8 Å². The van der Waals surface area contributed by atoms with Crippen molar-refractivity contribution in [3.63, 3.8) is 0 Å². The lowest BCUT2D eigenvalue weighted by molar-refractivity contribution is -0.139. The summed E-state index contributed by atoms with van der Waals surface area (Å²) in [6.45, 7) is 1.96. The molecule has 9 nitrogen and oxygen atoms in total. The minimum Gasteiger partial charge on any atom is -0.497 e. The van der Waals surface area contributed by atoms with Crippen LogP contribution in [-0.2, 0) is 9.53 Å². The van der Waals surface area contributed by atoms with Gasteiger partial charge >= 0.3 is 12.0 Å². The van der Waals surface area contributed by atoms with Crippen LogP contribution in [0.1, 0.15) is 18.5 Å². The van der Waals surface area contributed by atoms with E-state index in [2.05, 4.69) is 26.1 Å². The number of benzene rings is 2. The van der Waals surface area contributed by atoms with E-state index >= 15 is 0 Å². The van der Waals surface area contributed by atoms with Crippen LogP contribution in [-0.4, -0.2) is 41.7 Å². The number of aromatic nitrogens is 2. The standard InChI is InChI=1S/C23H23N5O4S2/c1-3-32-20(29)18-17(25-21(30)26-19(18)14-9-11-16(31-2)12-10-14)13-33-23-28-27-22(34-23)24-15-7-5-4-6-8-15/h4-12,19H,3,13H2,1-2H3,(H,24,27)(H2,25,26,30). The zero-order valence-corrected chi connectivity index (χ0v) is 20.2. The molecule has 0 saturated heterocycles. The number of nitrogens with one attached hydrogen (secondary N) is 3. The molecule has 0 bridgehead atoms. The lowest BCUT2D eigenvalue weighted by Crippen LogP contribution is -2.46. The Balaban J connectivity index is 1.56. The van der Waals surface area contributed by atoms with Crippen LogP contribution in [0.3, 0.4) is 0 Å². The highest BCUT2D eigenvalue weighted by Crippen LogP contribution is 2.33. The summed E-state index contributed by atoms with van der Waals surface area (Å²) in [5, 5.41) is 17.8. The quantitative estimate of drug-likeness (QED) is 0.297. The van der Waals surface area contributed by atoms with Gasteiger partial charge in [-0.2, -0.15) is 0 Å². The first-order valence-electron chi connectivity index (χ1n) is 10.5. The summed E-state index contributed by atoms with van der Waals surface area (Å²) in [5.41, 5.74) is 2.48. The molecule has 2 heterocycles. The Morgan fingerprint density at radius 1 is 1.15 bits per heavy atom. The number of carbonyl (C=O) groups is 2. The van der Waals surface area contributed by atoms with Gasteiger partial charge in [-0.05, 0) is 36.8 Å². The van der Waals surface area contributed by atoms with Crippen LogP contribution in [0, 0.1) is 0 Å². The molecule has 0 saturated carbocycles. The van der Waals surface area contributed by atoms with E-state index in [0.717, 1.165) is 11.3 Å². The summed E-state index contributed by atoms with van der Waals surface area (Å²) >= 11 is 2.77. The van der Waals surface area contributed by atoms with Gasteiger partial charge in [-0.25, -0.2) is 9.59 Å². The van der Waals surface area contributed by atoms with Gasteiger partial charge in [0.1, 0.15) is 5.75 Å². The molecule has 1 unspecified atom stereocenters. The Labute approximate surface area is 205 Å². The molecule has 1 aromatic heterocycles. The highest BCUT2D eigenvalue weighted by molar-refractivity contribution is 8.01. The number of methoxy groups -OCH3 is 1. The second-order valence-corrected chi connectivity index (χ2v) is 9.27. The smallest absolute Gasteiger partial charge is 0.338 e. The van der Waals surface area contributed by atoms with Gasteiger partial charge in [0.2, 0.25) is 5.13 Å². The van der Waals surface area contributed by atoms with Crippen molar-refractivity contribution in [1.29, 1.82) is 0 Å². The number of esters is 1. The number of rotatable bonds is 9. The van der Waals surface area contributed by atoms with Gasteiger partial charge in [0.05, 0.1) is 25.3 Å². The first kappa shape index (κ1) is 23.6. The number of thioether (sulfide) groups is 1. The lowest BCUT2D eigenvalue weighted by Gasteiger charge is -2.29. The molecule has 176 valence electrons. The average molecular weight is 498 g/mol. The number of hydrogen-bond acceptors (Lipinski definition) is 9. The third-order valence-corrected chi connectivity index (χ3v) is 6.87. The van der Waals surface area contributed by atoms with Gasteiger partial charge in [-0.3, -0.25) is 0 Å². The predicted molar refractivity (Wildman–Crippen MR) is 131 cm³/mol. The van der Waals surface area contributed by atoms with Crippen molar-refractivity contribution in [3.8, 4) is 5.75 Å². The van der Waals surface area contributed by atoms with E-state index in [1.165, 1.54) is 23.1 Å². The second-order valence-electron chi connectivity index (χ2n) is 7.07. The normalized spacial score (nSPS) is 15.4. The van der Waals surface area contributed by atoms with Gasteiger partial charge < -0.3 is 25.4 Å². The highest BCUT2D eigenvalue weighted by atomic mass is 32.2. The van der Waals surface area contributed by atoms with Crippen molar-refractivity contribution < 1.29 is 19.1 Å². The average Bonchev–Trinajstić information content (AvgIpc) is 3.30. The molecule has 11 heteroatoms. The Bertz CT molecular complexity index is 1180. The molecule has 4 rings (SSSR count). The minimum absolute atomic E-state index is 0.219. The molecule has 0 fully saturated rings. The fourth-order valence-electron chi connectivity index (χ4n) is 3.33. The molecular weight excluding hydrogens is 474 g/mol. The number of nitrogens with zero attached hydrogens (tertiary/aromatic N) is 2.